The number of carbonyl (C=O) groups is 1. The molecule has 0 saturated carbocycles. The maximum atomic E-state index is 13.3. The smallest absolute Gasteiger partial charge is 0.335 e. The molecule has 1 atom stereocenters. The second kappa shape index (κ2) is 7.58. The van der Waals surface area contributed by atoms with Crippen molar-refractivity contribution in [2.24, 2.45) is 0 Å². The van der Waals surface area contributed by atoms with Crippen LogP contribution in [-0.2, 0) is 23.5 Å². The molecular weight excluding hydrogens is 417 g/mol. The van der Waals surface area contributed by atoms with E-state index in [4.69, 9.17) is 5.21 Å². The Bertz CT molecular complexity index is 1150. The minimum absolute atomic E-state index is 0.198. The number of hydrogen-bond acceptors (Lipinski definition) is 4. The molecular formula is C21H15F3N2O3S. The highest BCUT2D eigenvalue weighted by molar-refractivity contribution is 7.85. The number of hydroxylamine groups is 1. The van der Waals surface area contributed by atoms with Crippen LogP contribution in [0.1, 0.15) is 21.5 Å². The summed E-state index contributed by atoms with van der Waals surface area (Å²) < 4.78 is 52.9. The summed E-state index contributed by atoms with van der Waals surface area (Å²) >= 11 is 0. The number of carbonyl (C=O) groups excluding carboxylic acids is 1. The number of anilines is 2. The van der Waals surface area contributed by atoms with E-state index in [9.17, 15) is 22.2 Å². The van der Waals surface area contributed by atoms with Crippen LogP contribution in [0.2, 0.25) is 0 Å². The molecule has 1 heterocycles. The fourth-order valence-corrected chi connectivity index (χ4v) is 4.68. The van der Waals surface area contributed by atoms with Crippen molar-refractivity contribution < 1.29 is 27.4 Å². The van der Waals surface area contributed by atoms with Crippen LogP contribution < -0.4 is 10.4 Å². The van der Waals surface area contributed by atoms with Crippen LogP contribution in [-0.4, -0.2) is 15.3 Å². The summed E-state index contributed by atoms with van der Waals surface area (Å²) in [6, 6.07) is 16.4. The van der Waals surface area contributed by atoms with Gasteiger partial charge in [-0.1, -0.05) is 24.3 Å². The molecule has 0 aliphatic carbocycles. The van der Waals surface area contributed by atoms with E-state index in [1.165, 1.54) is 18.2 Å². The van der Waals surface area contributed by atoms with Gasteiger partial charge in [0.2, 0.25) is 0 Å². The highest BCUT2D eigenvalue weighted by Crippen LogP contribution is 2.45. The minimum atomic E-state index is -4.53. The van der Waals surface area contributed by atoms with Crippen LogP contribution >= 0.6 is 0 Å². The van der Waals surface area contributed by atoms with Crippen molar-refractivity contribution in [3.8, 4) is 0 Å². The van der Waals surface area contributed by atoms with Gasteiger partial charge in [0.1, 0.15) is 0 Å². The molecule has 0 radical (unpaired) electrons. The first-order valence-electron chi connectivity index (χ1n) is 8.82. The first kappa shape index (κ1) is 20.1. The maximum Gasteiger partial charge on any atom is 0.416 e. The zero-order valence-corrected chi connectivity index (χ0v) is 16.1. The molecule has 0 bridgehead atoms. The molecule has 154 valence electrons. The molecule has 1 aliphatic heterocycles. The summed E-state index contributed by atoms with van der Waals surface area (Å²) in [6.45, 7) is 0.198. The Kier molecular flexibility index (Phi) is 5.08. The fourth-order valence-electron chi connectivity index (χ4n) is 3.33. The number of alkyl halides is 3. The summed E-state index contributed by atoms with van der Waals surface area (Å²) in [5.74, 6) is -0.666. The Balaban J connectivity index is 1.80. The molecule has 30 heavy (non-hydrogen) atoms. The number of para-hydroxylation sites is 1. The van der Waals surface area contributed by atoms with Gasteiger partial charge in [0.25, 0.3) is 5.91 Å². The highest BCUT2D eigenvalue weighted by atomic mass is 32.2. The monoisotopic (exact) mass is 432 g/mol. The highest BCUT2D eigenvalue weighted by Gasteiger charge is 2.34. The van der Waals surface area contributed by atoms with Crippen LogP contribution in [0.15, 0.2) is 76.5 Å². The average molecular weight is 432 g/mol. The van der Waals surface area contributed by atoms with Gasteiger partial charge in [-0.25, -0.2) is 9.69 Å². The number of halogens is 3. The zero-order chi connectivity index (χ0) is 21.5. The Labute approximate surface area is 172 Å². The van der Waals surface area contributed by atoms with Crippen molar-refractivity contribution in [1.82, 2.24) is 5.48 Å². The van der Waals surface area contributed by atoms with Crippen LogP contribution in [0.4, 0.5) is 24.5 Å². The molecule has 9 heteroatoms. The molecule has 0 fully saturated rings. The van der Waals surface area contributed by atoms with E-state index in [1.54, 1.807) is 46.8 Å². The number of hydrogen-bond donors (Lipinski definition) is 2. The van der Waals surface area contributed by atoms with Crippen molar-refractivity contribution in [3.63, 3.8) is 0 Å². The largest absolute Gasteiger partial charge is 0.416 e. The quantitative estimate of drug-likeness (QED) is 0.467. The third kappa shape index (κ3) is 3.57. The molecule has 3 aromatic rings. The Hall–Kier alpha value is -3.17. The van der Waals surface area contributed by atoms with Gasteiger partial charge < -0.3 is 4.90 Å². The molecule has 1 unspecified atom stereocenters. The summed E-state index contributed by atoms with van der Waals surface area (Å²) in [5.41, 5.74) is 2.45. The summed E-state index contributed by atoms with van der Waals surface area (Å²) in [5, 5.41) is 8.73. The van der Waals surface area contributed by atoms with Crippen molar-refractivity contribution in [2.45, 2.75) is 22.5 Å². The minimum Gasteiger partial charge on any atom is -0.335 e. The van der Waals surface area contributed by atoms with Gasteiger partial charge in [0.15, 0.2) is 0 Å². The Morgan fingerprint density at radius 3 is 2.30 bits per heavy atom. The lowest BCUT2D eigenvalue weighted by atomic mass is 10.1. The lowest BCUT2D eigenvalue weighted by molar-refractivity contribution is -0.137. The van der Waals surface area contributed by atoms with E-state index in [1.807, 2.05) is 0 Å². The van der Waals surface area contributed by atoms with Gasteiger partial charge in [-0.2, -0.15) is 13.2 Å². The van der Waals surface area contributed by atoms with E-state index in [-0.39, 0.29) is 17.8 Å². The number of fused-ring (bicyclic) bond motifs is 2. The van der Waals surface area contributed by atoms with E-state index in [2.05, 4.69) is 0 Å². The molecule has 0 spiro atoms. The van der Waals surface area contributed by atoms with Gasteiger partial charge in [-0.05, 0) is 48.0 Å². The lowest BCUT2D eigenvalue weighted by Crippen LogP contribution is -2.24. The second-order valence-corrected chi connectivity index (χ2v) is 8.06. The van der Waals surface area contributed by atoms with Gasteiger partial charge >= 0.3 is 6.18 Å². The van der Waals surface area contributed by atoms with Gasteiger partial charge in [0.05, 0.1) is 37.5 Å². The van der Waals surface area contributed by atoms with E-state index < -0.39 is 28.4 Å². The van der Waals surface area contributed by atoms with E-state index in [0.717, 1.165) is 17.7 Å². The molecule has 0 saturated heterocycles. The van der Waals surface area contributed by atoms with Crippen molar-refractivity contribution >= 4 is 28.1 Å². The molecule has 5 nitrogen and oxygen atoms in total. The Morgan fingerprint density at radius 1 is 0.967 bits per heavy atom. The molecule has 0 aromatic heterocycles. The normalized spacial score (nSPS) is 15.3. The van der Waals surface area contributed by atoms with E-state index >= 15 is 0 Å². The fraction of sp³-hybridized carbons (Fsp3) is 0.0952. The first-order valence-corrected chi connectivity index (χ1v) is 9.97. The van der Waals surface area contributed by atoms with Gasteiger partial charge in [0, 0.05) is 12.1 Å². The standard InChI is InChI=1S/C21H15F3N2O3S/c22-21(23,24)15-9-10-19-17(11-15)26(16-3-1-2-4-18(16)30(19)29)12-13-5-7-14(8-6-13)20(27)25-28/h1-11,28H,12H2,(H,25,27). The number of amides is 1. The summed E-state index contributed by atoms with van der Waals surface area (Å²) in [6.07, 6.45) is -4.53. The maximum absolute atomic E-state index is 13.3. The van der Waals surface area contributed by atoms with Crippen LogP contribution in [0.25, 0.3) is 0 Å². The molecule has 1 amide bonds. The molecule has 3 aromatic carbocycles. The molecule has 1 aliphatic rings. The number of nitrogens with one attached hydrogen (secondary N) is 1. The van der Waals surface area contributed by atoms with Crippen molar-refractivity contribution in [1.29, 1.82) is 0 Å². The average Bonchev–Trinajstić information content (AvgIpc) is 2.75. The Morgan fingerprint density at radius 2 is 1.63 bits per heavy atom. The first-order chi connectivity index (χ1) is 14.3. The second-order valence-electron chi connectivity index (χ2n) is 6.64. The van der Waals surface area contributed by atoms with E-state index in [0.29, 0.717) is 15.5 Å². The van der Waals surface area contributed by atoms with Gasteiger partial charge in [-0.15, -0.1) is 0 Å². The topological polar surface area (TPSA) is 69.6 Å². The number of rotatable bonds is 3. The van der Waals surface area contributed by atoms with Crippen molar-refractivity contribution in [2.75, 3.05) is 4.90 Å². The zero-order valence-electron chi connectivity index (χ0n) is 15.3. The summed E-state index contributed by atoms with van der Waals surface area (Å²) in [4.78, 5) is 14.0. The number of nitrogens with zero attached hydrogens (tertiary/aromatic N) is 1. The number of benzene rings is 3. The van der Waals surface area contributed by atoms with Crippen molar-refractivity contribution in [3.05, 3.63) is 83.4 Å². The predicted octanol–water partition coefficient (Wildman–Crippen LogP) is 4.64. The molecule has 2 N–H and O–H groups in total. The van der Waals surface area contributed by atoms with Gasteiger partial charge in [-0.3, -0.25) is 10.0 Å². The lowest BCUT2D eigenvalue weighted by Gasteiger charge is -2.33. The molecule has 4 rings (SSSR count). The van der Waals surface area contributed by atoms with Crippen LogP contribution in [0, 0.1) is 0 Å². The van der Waals surface area contributed by atoms with Crippen LogP contribution in [0.5, 0.6) is 0 Å². The predicted molar refractivity (Wildman–Crippen MR) is 104 cm³/mol. The third-order valence-electron chi connectivity index (χ3n) is 4.79. The third-order valence-corrected chi connectivity index (χ3v) is 6.28. The summed E-state index contributed by atoms with van der Waals surface area (Å²) in [7, 11) is -1.60. The van der Waals surface area contributed by atoms with Crippen LogP contribution in [0.3, 0.4) is 0 Å². The SMILES string of the molecule is O=C(NO)c1ccc(CN2c3ccccc3S(=O)c3ccc(C(F)(F)F)cc32)cc1.